The number of benzene rings is 3. The average molecular weight is 868 g/mol. The molecule has 1 saturated heterocycles. The smallest absolute Gasteiger partial charge is 0.329 e. The summed E-state index contributed by atoms with van der Waals surface area (Å²) in [7, 11) is 1.70. The first kappa shape index (κ1) is 46.3. The number of ether oxygens (including phenoxy) is 2. The van der Waals surface area contributed by atoms with Crippen LogP contribution in [0.4, 0.5) is 5.69 Å². The third-order valence-corrected chi connectivity index (χ3v) is 11.9. The molecule has 0 spiro atoms. The normalized spacial score (nSPS) is 19.1. The molecule has 3 aliphatic heterocycles. The van der Waals surface area contributed by atoms with Gasteiger partial charge in [-0.25, -0.2) is 4.79 Å². The maximum absolute atomic E-state index is 13.8. The van der Waals surface area contributed by atoms with Gasteiger partial charge in [0.2, 0.25) is 29.5 Å². The molecular weight excluding hydrogens is 811 g/mol. The van der Waals surface area contributed by atoms with Crippen LogP contribution >= 0.6 is 0 Å². The predicted octanol–water partition coefficient (Wildman–Crippen LogP) is 2.49. The molecule has 0 radical (unpaired) electrons. The second-order valence-corrected chi connectivity index (χ2v) is 16.4. The van der Waals surface area contributed by atoms with Gasteiger partial charge in [0.25, 0.3) is 5.97 Å². The van der Waals surface area contributed by atoms with Crippen LogP contribution in [0.15, 0.2) is 65.5 Å². The van der Waals surface area contributed by atoms with Crippen molar-refractivity contribution in [3.63, 3.8) is 0 Å². The van der Waals surface area contributed by atoms with E-state index in [1.165, 1.54) is 4.57 Å². The van der Waals surface area contributed by atoms with Crippen LogP contribution in [0.5, 0.6) is 0 Å². The van der Waals surface area contributed by atoms with Gasteiger partial charge in [-0.3, -0.25) is 48.1 Å². The minimum atomic E-state index is -0.833. The van der Waals surface area contributed by atoms with E-state index in [2.05, 4.69) is 10.6 Å². The largest absolute Gasteiger partial charge is 0.481 e. The number of amides is 5. The van der Waals surface area contributed by atoms with E-state index >= 15 is 0 Å². The number of carboxylic acids is 1. The van der Waals surface area contributed by atoms with E-state index in [1.54, 1.807) is 16.5 Å². The first-order valence-electron chi connectivity index (χ1n) is 21.4. The van der Waals surface area contributed by atoms with Crippen LogP contribution in [-0.2, 0) is 77.6 Å². The number of nitrogens with two attached hydrogens (primary N) is 2. The summed E-state index contributed by atoms with van der Waals surface area (Å²) in [5.74, 6) is -2.67. The molecule has 17 heteroatoms. The topological polar surface area (TPSA) is 247 Å². The Morgan fingerprint density at radius 1 is 0.937 bits per heavy atom. The summed E-state index contributed by atoms with van der Waals surface area (Å²) in [6.45, 7) is 4.29. The number of nitrogens with zero attached hydrogens (tertiary/aromatic N) is 3. The molecule has 63 heavy (non-hydrogen) atoms. The Hall–Kier alpha value is -6.17. The maximum Gasteiger partial charge on any atom is 0.329 e. The zero-order valence-electron chi connectivity index (χ0n) is 36.0. The van der Waals surface area contributed by atoms with Gasteiger partial charge in [-0.15, -0.1) is 0 Å². The number of nitrogens with one attached hydrogen (secondary N) is 2. The lowest BCUT2D eigenvalue weighted by Crippen LogP contribution is -2.55. The molecule has 3 aromatic carbocycles. The molecule has 1 fully saturated rings. The Labute approximate surface area is 365 Å². The summed E-state index contributed by atoms with van der Waals surface area (Å²) in [6, 6.07) is 16.9. The lowest BCUT2D eigenvalue weighted by Gasteiger charge is -2.30. The highest BCUT2D eigenvalue weighted by atomic mass is 16.5. The first-order chi connectivity index (χ1) is 30.1. The van der Waals surface area contributed by atoms with Crippen LogP contribution in [0.1, 0.15) is 86.2 Å². The van der Waals surface area contributed by atoms with Crippen molar-refractivity contribution in [2.75, 3.05) is 18.1 Å². The molecule has 5 atom stereocenters. The van der Waals surface area contributed by atoms with Crippen LogP contribution in [-0.4, -0.2) is 87.2 Å². The van der Waals surface area contributed by atoms with Gasteiger partial charge in [-0.2, -0.15) is 0 Å². The van der Waals surface area contributed by atoms with Gasteiger partial charge < -0.3 is 31.4 Å². The Bertz CT molecular complexity index is 2400. The number of carbonyl (C=O) groups excluding carboxylic acids is 5. The Balaban J connectivity index is 0.00000158. The van der Waals surface area contributed by atoms with E-state index in [9.17, 15) is 28.8 Å². The molecule has 7 rings (SSSR count). The van der Waals surface area contributed by atoms with Gasteiger partial charge in [-0.05, 0) is 85.8 Å². The lowest BCUT2D eigenvalue weighted by molar-refractivity contribution is -0.136. The molecule has 1 aromatic heterocycles. The third-order valence-electron chi connectivity index (χ3n) is 11.9. The number of carbonyl (C=O) groups is 6. The number of primary amides is 1. The molecule has 5 amide bonds. The zero-order chi connectivity index (χ0) is 45.4. The molecule has 0 bridgehead atoms. The minimum Gasteiger partial charge on any atom is -0.481 e. The molecule has 0 aliphatic carbocycles. The van der Waals surface area contributed by atoms with Crippen LogP contribution in [0.25, 0.3) is 11.0 Å². The van der Waals surface area contributed by atoms with Gasteiger partial charge in [0.05, 0.1) is 48.1 Å². The highest BCUT2D eigenvalue weighted by molar-refractivity contribution is 6.07. The number of fused-ring (bicyclic) bond motifs is 1. The summed E-state index contributed by atoms with van der Waals surface area (Å²) in [5, 5.41) is 12.8. The summed E-state index contributed by atoms with van der Waals surface area (Å²) in [6.07, 6.45) is 4.08. The number of aromatic nitrogens is 2. The van der Waals surface area contributed by atoms with Crippen molar-refractivity contribution in [1.29, 1.82) is 0 Å². The second kappa shape index (κ2) is 20.8. The minimum absolute atomic E-state index is 0.0653. The average Bonchev–Trinajstić information content (AvgIpc) is 3.72. The summed E-state index contributed by atoms with van der Waals surface area (Å²) < 4.78 is 15.3. The van der Waals surface area contributed by atoms with E-state index < -0.39 is 48.1 Å². The second-order valence-electron chi connectivity index (χ2n) is 16.4. The fourth-order valence-electron chi connectivity index (χ4n) is 8.62. The van der Waals surface area contributed by atoms with Crippen molar-refractivity contribution in [3.8, 4) is 0 Å². The molecule has 4 aromatic rings. The van der Waals surface area contributed by atoms with E-state index in [0.717, 1.165) is 52.4 Å². The van der Waals surface area contributed by atoms with Crippen molar-refractivity contribution in [3.05, 3.63) is 99.0 Å². The highest BCUT2D eigenvalue weighted by Gasteiger charge is 2.43. The highest BCUT2D eigenvalue weighted by Crippen LogP contribution is 2.39. The summed E-state index contributed by atoms with van der Waals surface area (Å²) >= 11 is 0. The van der Waals surface area contributed by atoms with E-state index in [4.69, 9.17) is 30.8 Å². The number of hydrogen-bond acceptors (Lipinski definition) is 10. The van der Waals surface area contributed by atoms with Crippen molar-refractivity contribution in [1.82, 2.24) is 19.8 Å². The molecule has 1 unspecified atom stereocenters. The van der Waals surface area contributed by atoms with Gasteiger partial charge in [0.15, 0.2) is 0 Å². The van der Waals surface area contributed by atoms with Crippen molar-refractivity contribution in [2.45, 2.75) is 115 Å². The predicted molar refractivity (Wildman–Crippen MR) is 234 cm³/mol. The van der Waals surface area contributed by atoms with E-state index in [0.29, 0.717) is 50.8 Å². The third kappa shape index (κ3) is 11.1. The SMILES string of the molecule is CC(=O)O.C[C@@H](OCc1ccc(CCOCCCc2cccc3c2n(C)c(=O)n3C2CCC(=O)NC2=O)cc1)[C@H](CCC(N)=O)NC(=O)[C@@H]1Cc2cccc3c2N1C(=O)[C@@H](N)CC3. The van der Waals surface area contributed by atoms with Crippen molar-refractivity contribution in [2.24, 2.45) is 18.5 Å². The lowest BCUT2D eigenvalue weighted by atomic mass is 10.0. The fourth-order valence-corrected chi connectivity index (χ4v) is 8.62. The van der Waals surface area contributed by atoms with E-state index in [-0.39, 0.29) is 55.7 Å². The van der Waals surface area contributed by atoms with Gasteiger partial charge >= 0.3 is 5.69 Å². The molecule has 3 aliphatic rings. The van der Waals surface area contributed by atoms with E-state index in [1.807, 2.05) is 67.6 Å². The molecule has 4 heterocycles. The summed E-state index contributed by atoms with van der Waals surface area (Å²) in [4.78, 5) is 87.0. The Kier molecular flexibility index (Phi) is 15.3. The van der Waals surface area contributed by atoms with Gasteiger partial charge in [0, 0.05) is 39.8 Å². The number of hydrogen-bond donors (Lipinski definition) is 5. The first-order valence-corrected chi connectivity index (χ1v) is 21.4. The number of piperidine rings is 1. The van der Waals surface area contributed by atoms with Gasteiger partial charge in [-0.1, -0.05) is 54.6 Å². The number of imide groups is 1. The van der Waals surface area contributed by atoms with Crippen LogP contribution in [0, 0.1) is 0 Å². The molecule has 17 nitrogen and oxygen atoms in total. The Morgan fingerprint density at radius 3 is 2.35 bits per heavy atom. The number of rotatable bonds is 17. The Morgan fingerprint density at radius 2 is 1.63 bits per heavy atom. The van der Waals surface area contributed by atoms with Crippen LogP contribution in [0.3, 0.4) is 0 Å². The number of carboxylic acid groups (broad SMARTS) is 1. The number of anilines is 1. The summed E-state index contributed by atoms with van der Waals surface area (Å²) in [5.41, 5.74) is 18.7. The molecule has 7 N–H and O–H groups in total. The number of para-hydroxylation sites is 2. The number of imidazole rings is 1. The molecular formula is C46H57N7O10. The van der Waals surface area contributed by atoms with Crippen LogP contribution < -0.4 is 32.7 Å². The quantitative estimate of drug-likeness (QED) is 0.0762. The molecule has 336 valence electrons. The molecule has 0 saturated carbocycles. The fraction of sp³-hybridized carbons (Fsp3) is 0.457. The number of aryl methyl sites for hydroxylation is 3. The standard InChI is InChI=1S/C44H53N7O8.C2H4O2/c1-26(33(17-19-37(46)52)47-42(55)36-24-31-8-3-6-30-15-16-32(45)43(56)51(36)39(30)31)59-25-28-13-11-27(12-14-28)21-23-58-22-5-9-29-7-4-10-34-40(29)49(2)44(57)50(34)35-18-20-38(53)48-41(35)54;1-2(3)4/h3-4,6-8,10-14,26,32-33,35-36H,5,9,15-25,45H2,1-2H3,(H2,46,52)(H,47,55)(H,48,53,54);1H3,(H,3,4)/t26-,32+,33+,35?,36+;/m1./s1. The zero-order valence-corrected chi connectivity index (χ0v) is 36.0. The maximum atomic E-state index is 13.8. The van der Waals surface area contributed by atoms with Gasteiger partial charge in [0.1, 0.15) is 12.1 Å². The van der Waals surface area contributed by atoms with Crippen molar-refractivity contribution < 1.29 is 43.3 Å². The monoisotopic (exact) mass is 867 g/mol. The van der Waals surface area contributed by atoms with Crippen LogP contribution in [0.2, 0.25) is 0 Å². The number of aliphatic carboxylic acids is 1. The van der Waals surface area contributed by atoms with Crippen molar-refractivity contribution >= 4 is 52.2 Å².